The summed E-state index contributed by atoms with van der Waals surface area (Å²) in [5.41, 5.74) is 0. The standard InChI is InChI=1S/C16H23N5S.ClH/c1-20-7-6-18-15(20)14-10-17-5-8-21(14)11-13-9-19-16(22-13)12-3-2-4-12;/h6-7,9,12,14,17H,2-5,8,10-11H2,1H3;1H. The Hall–Kier alpha value is -0.950. The Kier molecular flexibility index (Phi) is 5.36. The van der Waals surface area contributed by atoms with E-state index >= 15 is 0 Å². The SMILES string of the molecule is Cl.Cn1ccnc1C1CNCCN1Cc1cnc(C2CCC2)s1. The maximum absolute atomic E-state index is 4.66. The lowest BCUT2D eigenvalue weighted by Crippen LogP contribution is -2.46. The third-order valence-corrected chi connectivity index (χ3v) is 6.04. The predicted molar refractivity (Wildman–Crippen MR) is 95.2 cm³/mol. The van der Waals surface area contributed by atoms with Crippen molar-refractivity contribution in [2.45, 2.75) is 37.8 Å². The zero-order chi connectivity index (χ0) is 14.9. The normalized spacial score (nSPS) is 22.6. The molecule has 126 valence electrons. The molecule has 4 rings (SSSR count). The van der Waals surface area contributed by atoms with E-state index in [0.29, 0.717) is 6.04 Å². The minimum absolute atomic E-state index is 0. The van der Waals surface area contributed by atoms with Gasteiger partial charge >= 0.3 is 0 Å². The van der Waals surface area contributed by atoms with E-state index in [2.05, 4.69) is 38.0 Å². The molecule has 1 saturated carbocycles. The summed E-state index contributed by atoms with van der Waals surface area (Å²) in [4.78, 5) is 13.2. The average Bonchev–Trinajstić information content (AvgIpc) is 3.07. The van der Waals surface area contributed by atoms with Crippen LogP contribution in [0, 0.1) is 0 Å². The molecule has 5 nitrogen and oxygen atoms in total. The van der Waals surface area contributed by atoms with Crippen LogP contribution in [-0.4, -0.2) is 39.1 Å². The van der Waals surface area contributed by atoms with Gasteiger partial charge in [0.05, 0.1) is 11.0 Å². The molecule has 0 bridgehead atoms. The van der Waals surface area contributed by atoms with Gasteiger partial charge in [-0.25, -0.2) is 9.97 Å². The fraction of sp³-hybridized carbons (Fsp3) is 0.625. The molecular weight excluding hydrogens is 330 g/mol. The Morgan fingerprint density at radius 3 is 2.91 bits per heavy atom. The van der Waals surface area contributed by atoms with Crippen molar-refractivity contribution >= 4 is 23.7 Å². The predicted octanol–water partition coefficient (Wildman–Crippen LogP) is 2.71. The number of thiazole rings is 1. The molecule has 2 fully saturated rings. The van der Waals surface area contributed by atoms with Crippen LogP contribution in [0.3, 0.4) is 0 Å². The molecule has 2 aromatic heterocycles. The van der Waals surface area contributed by atoms with E-state index in [1.807, 2.05) is 23.7 Å². The summed E-state index contributed by atoms with van der Waals surface area (Å²) in [5.74, 6) is 1.89. The maximum Gasteiger partial charge on any atom is 0.127 e. The second-order valence-electron chi connectivity index (χ2n) is 6.38. The lowest BCUT2D eigenvalue weighted by molar-refractivity contribution is 0.146. The van der Waals surface area contributed by atoms with E-state index in [1.54, 1.807) is 0 Å². The lowest BCUT2D eigenvalue weighted by atomic mass is 9.86. The molecule has 7 heteroatoms. The smallest absolute Gasteiger partial charge is 0.127 e. The van der Waals surface area contributed by atoms with Crippen LogP contribution in [0.2, 0.25) is 0 Å². The monoisotopic (exact) mass is 353 g/mol. The summed E-state index contributed by atoms with van der Waals surface area (Å²) < 4.78 is 2.14. The molecular formula is C16H24ClN5S. The summed E-state index contributed by atoms with van der Waals surface area (Å²) in [5, 5.41) is 4.85. The van der Waals surface area contributed by atoms with Crippen LogP contribution in [0.4, 0.5) is 0 Å². The van der Waals surface area contributed by atoms with Crippen molar-refractivity contribution in [1.29, 1.82) is 0 Å². The average molecular weight is 354 g/mol. The van der Waals surface area contributed by atoms with Gasteiger partial charge in [0.1, 0.15) is 5.82 Å². The number of nitrogens with zero attached hydrogens (tertiary/aromatic N) is 4. The van der Waals surface area contributed by atoms with Crippen molar-refractivity contribution in [1.82, 2.24) is 24.8 Å². The number of halogens is 1. The van der Waals surface area contributed by atoms with Gasteiger partial charge < -0.3 is 9.88 Å². The molecule has 1 unspecified atom stereocenters. The highest BCUT2D eigenvalue weighted by Gasteiger charge is 2.28. The summed E-state index contributed by atoms with van der Waals surface area (Å²) in [6, 6.07) is 0.350. The first kappa shape index (κ1) is 16.9. The number of imidazole rings is 1. The first-order chi connectivity index (χ1) is 10.8. The number of hydrogen-bond acceptors (Lipinski definition) is 5. The molecule has 0 amide bonds. The molecule has 0 spiro atoms. The summed E-state index contributed by atoms with van der Waals surface area (Å²) in [7, 11) is 2.08. The largest absolute Gasteiger partial charge is 0.337 e. The van der Waals surface area contributed by atoms with Gasteiger partial charge in [-0.05, 0) is 12.8 Å². The number of piperazine rings is 1. The minimum Gasteiger partial charge on any atom is -0.337 e. The van der Waals surface area contributed by atoms with Gasteiger partial charge in [0.15, 0.2) is 0 Å². The van der Waals surface area contributed by atoms with E-state index in [9.17, 15) is 0 Å². The second kappa shape index (κ2) is 7.30. The van der Waals surface area contributed by atoms with Crippen LogP contribution in [-0.2, 0) is 13.6 Å². The van der Waals surface area contributed by atoms with Crippen molar-refractivity contribution in [3.8, 4) is 0 Å². The Morgan fingerprint density at radius 1 is 1.35 bits per heavy atom. The maximum atomic E-state index is 4.66. The van der Waals surface area contributed by atoms with E-state index in [-0.39, 0.29) is 12.4 Å². The molecule has 1 aliphatic heterocycles. The fourth-order valence-electron chi connectivity index (χ4n) is 3.33. The third kappa shape index (κ3) is 3.45. The molecule has 1 atom stereocenters. The first-order valence-corrected chi connectivity index (χ1v) is 8.99. The van der Waals surface area contributed by atoms with Crippen molar-refractivity contribution in [2.75, 3.05) is 19.6 Å². The quantitative estimate of drug-likeness (QED) is 0.918. The van der Waals surface area contributed by atoms with Crippen LogP contribution < -0.4 is 5.32 Å². The van der Waals surface area contributed by atoms with E-state index in [0.717, 1.165) is 37.9 Å². The van der Waals surface area contributed by atoms with Crippen LogP contribution in [0.25, 0.3) is 0 Å². The fourth-order valence-corrected chi connectivity index (χ4v) is 4.44. The summed E-state index contributed by atoms with van der Waals surface area (Å²) in [6.45, 7) is 4.08. The van der Waals surface area contributed by atoms with Crippen molar-refractivity contribution < 1.29 is 0 Å². The number of hydrogen-bond donors (Lipinski definition) is 1. The molecule has 1 aliphatic carbocycles. The number of rotatable bonds is 4. The molecule has 2 aromatic rings. The van der Waals surface area contributed by atoms with Gasteiger partial charge in [-0.2, -0.15) is 0 Å². The van der Waals surface area contributed by atoms with Gasteiger partial charge in [-0.3, -0.25) is 4.90 Å². The van der Waals surface area contributed by atoms with Gasteiger partial charge in [-0.1, -0.05) is 6.42 Å². The van der Waals surface area contributed by atoms with Crippen molar-refractivity contribution in [2.24, 2.45) is 7.05 Å². The summed E-state index contributed by atoms with van der Waals surface area (Å²) in [6.07, 6.45) is 10.1. The molecule has 0 radical (unpaired) electrons. The number of aryl methyl sites for hydroxylation is 1. The molecule has 2 aliphatic rings. The summed E-state index contributed by atoms with van der Waals surface area (Å²) >= 11 is 1.91. The van der Waals surface area contributed by atoms with Gasteiger partial charge in [0.2, 0.25) is 0 Å². The Morgan fingerprint density at radius 2 is 2.22 bits per heavy atom. The molecule has 3 heterocycles. The number of aromatic nitrogens is 3. The molecule has 1 N–H and O–H groups in total. The Balaban J connectivity index is 0.00000156. The topological polar surface area (TPSA) is 46.0 Å². The van der Waals surface area contributed by atoms with E-state index in [1.165, 1.54) is 29.1 Å². The van der Waals surface area contributed by atoms with Crippen molar-refractivity contribution in [3.05, 3.63) is 34.3 Å². The van der Waals surface area contributed by atoms with E-state index < -0.39 is 0 Å². The molecule has 23 heavy (non-hydrogen) atoms. The van der Waals surface area contributed by atoms with E-state index in [4.69, 9.17) is 0 Å². The molecule has 0 aromatic carbocycles. The Bertz CT molecular complexity index is 636. The third-order valence-electron chi connectivity index (χ3n) is 4.90. The zero-order valence-corrected chi connectivity index (χ0v) is 15.1. The van der Waals surface area contributed by atoms with Gasteiger partial charge in [-0.15, -0.1) is 23.7 Å². The van der Waals surface area contributed by atoms with Crippen LogP contribution in [0.15, 0.2) is 18.6 Å². The number of nitrogens with one attached hydrogen (secondary N) is 1. The minimum atomic E-state index is 0. The van der Waals surface area contributed by atoms with Crippen molar-refractivity contribution in [3.63, 3.8) is 0 Å². The highest BCUT2D eigenvalue weighted by atomic mass is 35.5. The van der Waals surface area contributed by atoms with Crippen LogP contribution in [0.5, 0.6) is 0 Å². The van der Waals surface area contributed by atoms with Crippen LogP contribution >= 0.6 is 23.7 Å². The first-order valence-electron chi connectivity index (χ1n) is 8.18. The lowest BCUT2D eigenvalue weighted by Gasteiger charge is -2.35. The zero-order valence-electron chi connectivity index (χ0n) is 13.4. The second-order valence-corrected chi connectivity index (χ2v) is 7.53. The molecule has 1 saturated heterocycles. The van der Waals surface area contributed by atoms with Gasteiger partial charge in [0.25, 0.3) is 0 Å². The van der Waals surface area contributed by atoms with Crippen LogP contribution in [0.1, 0.15) is 46.9 Å². The Labute approximate surface area is 147 Å². The highest BCUT2D eigenvalue weighted by Crippen LogP contribution is 2.38. The van der Waals surface area contributed by atoms with Gasteiger partial charge in [0, 0.05) is 62.6 Å². The highest BCUT2D eigenvalue weighted by molar-refractivity contribution is 7.11.